The molecule has 0 bridgehead atoms. The van der Waals surface area contributed by atoms with Crippen molar-refractivity contribution in [3.8, 4) is 11.1 Å². The van der Waals surface area contributed by atoms with Crippen molar-refractivity contribution in [2.45, 2.75) is 138 Å². The van der Waals surface area contributed by atoms with Gasteiger partial charge in [0.05, 0.1) is 0 Å². The van der Waals surface area contributed by atoms with E-state index in [0.717, 1.165) is 0 Å². The summed E-state index contributed by atoms with van der Waals surface area (Å²) in [4.78, 5) is 0. The highest BCUT2D eigenvalue weighted by Crippen LogP contribution is 2.69. The van der Waals surface area contributed by atoms with Crippen molar-refractivity contribution in [2.24, 2.45) is 0 Å². The van der Waals surface area contributed by atoms with Gasteiger partial charge in [-0.15, -0.1) is 0 Å². The van der Waals surface area contributed by atoms with E-state index in [-0.39, 0.29) is 7.92 Å². The molecule has 34 heavy (non-hydrogen) atoms. The maximum atomic E-state index is 2.55. The van der Waals surface area contributed by atoms with Crippen LogP contribution in [0.25, 0.3) is 11.1 Å². The Labute approximate surface area is 213 Å². The van der Waals surface area contributed by atoms with Crippen LogP contribution in [0.2, 0.25) is 0 Å². The summed E-state index contributed by atoms with van der Waals surface area (Å²) in [5.74, 6) is 1.57. The Balaban J connectivity index is 2.55. The van der Waals surface area contributed by atoms with Gasteiger partial charge in [-0.25, -0.2) is 0 Å². The van der Waals surface area contributed by atoms with Crippen LogP contribution >= 0.6 is 7.92 Å². The molecule has 2 aromatic rings. The molecule has 0 saturated carbocycles. The molecule has 1 heteroatoms. The lowest BCUT2D eigenvalue weighted by atomic mass is 9.78. The van der Waals surface area contributed by atoms with E-state index in [1.165, 1.54) is 40.7 Å². The second-order valence-corrected chi connectivity index (χ2v) is 16.7. The fraction of sp³-hybridized carbons (Fsp3) is 0.636. The van der Waals surface area contributed by atoms with Crippen molar-refractivity contribution in [2.75, 3.05) is 0 Å². The third-order valence-corrected chi connectivity index (χ3v) is 12.7. The zero-order valence-electron chi connectivity index (χ0n) is 24.7. The topological polar surface area (TPSA) is 0 Å². The average Bonchev–Trinajstić information content (AvgIpc) is 2.95. The van der Waals surface area contributed by atoms with Gasteiger partial charge in [-0.3, -0.25) is 0 Å². The van der Waals surface area contributed by atoms with Gasteiger partial charge < -0.3 is 0 Å². The molecule has 0 spiro atoms. The van der Waals surface area contributed by atoms with E-state index in [9.17, 15) is 0 Å². The van der Waals surface area contributed by atoms with Gasteiger partial charge in [0.2, 0.25) is 0 Å². The lowest BCUT2D eigenvalue weighted by Crippen LogP contribution is -2.30. The molecule has 1 fully saturated rings. The monoisotopic (exact) mass is 478 g/mol. The number of benzene rings is 2. The minimum absolute atomic E-state index is 0.314. The lowest BCUT2D eigenvalue weighted by molar-refractivity contribution is 0.591. The van der Waals surface area contributed by atoms with Crippen LogP contribution in [0.3, 0.4) is 0 Å². The molecule has 0 radical (unpaired) electrons. The van der Waals surface area contributed by atoms with Gasteiger partial charge in [0.1, 0.15) is 0 Å². The highest BCUT2D eigenvalue weighted by atomic mass is 31.1. The highest BCUT2D eigenvalue weighted by Gasteiger charge is 2.49. The summed E-state index contributed by atoms with van der Waals surface area (Å²) in [6.45, 7) is 34.0. The van der Waals surface area contributed by atoms with Crippen molar-refractivity contribution in [1.82, 2.24) is 0 Å². The molecular weight excluding hydrogens is 427 g/mol. The van der Waals surface area contributed by atoms with E-state index in [2.05, 4.69) is 109 Å². The summed E-state index contributed by atoms with van der Waals surface area (Å²) in [7, 11) is -0.314. The maximum Gasteiger partial charge on any atom is -0.00688 e. The molecule has 0 aromatic heterocycles. The predicted octanol–water partition coefficient (Wildman–Crippen LogP) is 10.4. The lowest BCUT2D eigenvalue weighted by Gasteiger charge is -2.40. The van der Waals surface area contributed by atoms with Gasteiger partial charge in [0.25, 0.3) is 0 Å². The second-order valence-electron chi connectivity index (χ2n) is 13.2. The molecule has 0 amide bonds. The summed E-state index contributed by atoms with van der Waals surface area (Å²) in [5.41, 5.74) is 13.9. The predicted molar refractivity (Wildman–Crippen MR) is 157 cm³/mol. The molecule has 0 nitrogen and oxygen atoms in total. The first-order valence-corrected chi connectivity index (χ1v) is 15.0. The van der Waals surface area contributed by atoms with Crippen molar-refractivity contribution in [3.63, 3.8) is 0 Å². The molecule has 1 aliphatic rings. The Bertz CT molecular complexity index is 1060. The summed E-state index contributed by atoms with van der Waals surface area (Å²) < 4.78 is 0. The van der Waals surface area contributed by atoms with E-state index in [4.69, 9.17) is 0 Å². The Morgan fingerprint density at radius 1 is 0.618 bits per heavy atom. The average molecular weight is 479 g/mol. The third-order valence-electron chi connectivity index (χ3n) is 8.80. The van der Waals surface area contributed by atoms with Crippen LogP contribution < -0.4 is 5.30 Å². The Morgan fingerprint density at radius 2 is 1.09 bits per heavy atom. The summed E-state index contributed by atoms with van der Waals surface area (Å²) in [6.07, 6.45) is 2.66. The summed E-state index contributed by atoms with van der Waals surface area (Å²) in [5, 5.41) is 2.43. The van der Waals surface area contributed by atoms with Gasteiger partial charge in [0, 0.05) is 0 Å². The van der Waals surface area contributed by atoms with E-state index >= 15 is 0 Å². The Kier molecular flexibility index (Phi) is 7.58. The molecule has 1 aliphatic heterocycles. The Hall–Kier alpha value is -1.13. The molecule has 188 valence electrons. The van der Waals surface area contributed by atoms with Crippen LogP contribution in [0, 0.1) is 27.7 Å². The van der Waals surface area contributed by atoms with Crippen LogP contribution in [0.4, 0.5) is 0 Å². The van der Waals surface area contributed by atoms with Crippen LogP contribution in [0.1, 0.15) is 139 Å². The number of hydrogen-bond acceptors (Lipinski definition) is 0. The fourth-order valence-electron chi connectivity index (χ4n) is 6.80. The van der Waals surface area contributed by atoms with E-state index in [0.29, 0.717) is 28.1 Å². The molecule has 1 saturated heterocycles. The minimum Gasteiger partial charge on any atom is -0.0627 e. The van der Waals surface area contributed by atoms with Crippen molar-refractivity contribution < 1.29 is 0 Å². The van der Waals surface area contributed by atoms with Crippen LogP contribution in [0.5, 0.6) is 0 Å². The first-order valence-electron chi connectivity index (χ1n) is 13.6. The molecule has 0 N–H and O–H groups in total. The van der Waals surface area contributed by atoms with Crippen molar-refractivity contribution in [3.05, 3.63) is 51.1 Å². The zero-order chi connectivity index (χ0) is 25.9. The quantitative estimate of drug-likeness (QED) is 0.375. The second kappa shape index (κ2) is 9.39. The SMILES string of the molecule is Cc1c(C)c(C)c(P2C(C)(C)CCC2(C)C)c(-c2ccc(C(C)C)c(C(C)C)c2C(C)C)c1C. The summed E-state index contributed by atoms with van der Waals surface area (Å²) >= 11 is 0. The molecular formula is C33H51P. The Morgan fingerprint density at radius 3 is 1.53 bits per heavy atom. The van der Waals surface area contributed by atoms with Gasteiger partial charge in [-0.05, 0) is 124 Å². The fourth-order valence-corrected chi connectivity index (χ4v) is 11.3. The van der Waals surface area contributed by atoms with E-state index in [1.807, 2.05) is 0 Å². The minimum atomic E-state index is -0.314. The maximum absolute atomic E-state index is 2.55. The summed E-state index contributed by atoms with van der Waals surface area (Å²) in [6, 6.07) is 4.97. The van der Waals surface area contributed by atoms with Gasteiger partial charge in [0.15, 0.2) is 0 Å². The third kappa shape index (κ3) is 4.43. The molecule has 2 aromatic carbocycles. The van der Waals surface area contributed by atoms with Crippen molar-refractivity contribution in [1.29, 1.82) is 0 Å². The standard InChI is InChI=1S/C33H51P/c1-19(2)26-15-16-27(29(21(5)6)28(26)20(3)4)30-24(9)22(7)23(8)25(10)31(30)34-32(11,12)17-18-33(34,13)14/h15-16,19-21H,17-18H2,1-14H3. The molecule has 0 atom stereocenters. The smallest absolute Gasteiger partial charge is 0.00688 e. The van der Waals surface area contributed by atoms with Gasteiger partial charge in [-0.2, -0.15) is 0 Å². The highest BCUT2D eigenvalue weighted by molar-refractivity contribution is 7.69. The van der Waals surface area contributed by atoms with E-state index < -0.39 is 0 Å². The van der Waals surface area contributed by atoms with Crippen molar-refractivity contribution >= 4 is 13.2 Å². The number of hydrogen-bond donors (Lipinski definition) is 0. The first-order chi connectivity index (χ1) is 15.5. The molecule has 0 unspecified atom stereocenters. The largest absolute Gasteiger partial charge is 0.0627 e. The van der Waals surface area contributed by atoms with E-state index in [1.54, 1.807) is 27.6 Å². The van der Waals surface area contributed by atoms with Crippen LogP contribution in [-0.4, -0.2) is 10.3 Å². The van der Waals surface area contributed by atoms with Crippen LogP contribution in [0.15, 0.2) is 12.1 Å². The first kappa shape index (κ1) is 27.5. The van der Waals surface area contributed by atoms with Gasteiger partial charge >= 0.3 is 0 Å². The normalized spacial score (nSPS) is 18.0. The molecule has 0 aliphatic carbocycles. The molecule has 1 heterocycles. The molecule has 3 rings (SSSR count). The van der Waals surface area contributed by atoms with Gasteiger partial charge in [-0.1, -0.05) is 89.3 Å². The van der Waals surface area contributed by atoms with Crippen LogP contribution in [-0.2, 0) is 0 Å². The number of rotatable bonds is 5. The zero-order valence-corrected chi connectivity index (χ0v) is 25.6.